The second kappa shape index (κ2) is 5.97. The minimum atomic E-state index is 0.397. The van der Waals surface area contributed by atoms with Gasteiger partial charge in [-0.15, -0.1) is 0 Å². The summed E-state index contributed by atoms with van der Waals surface area (Å²) in [5.41, 5.74) is 4.14. The van der Waals surface area contributed by atoms with Gasteiger partial charge in [-0.25, -0.2) is 0 Å². The van der Waals surface area contributed by atoms with E-state index in [0.29, 0.717) is 16.6 Å². The summed E-state index contributed by atoms with van der Waals surface area (Å²) >= 11 is 0. The Morgan fingerprint density at radius 2 is 1.96 bits per heavy atom. The van der Waals surface area contributed by atoms with Gasteiger partial charge in [0.25, 0.3) is 0 Å². The van der Waals surface area contributed by atoms with Crippen molar-refractivity contribution in [3.63, 3.8) is 0 Å². The zero-order valence-electron chi connectivity index (χ0n) is 15.8. The SMILES string of the molecule is CC[C@@]1(COC)CCC2C3CCC4=C(CCC(=O)C4)C3CC[C@@]21C. The summed E-state index contributed by atoms with van der Waals surface area (Å²) in [5.74, 6) is 3.04. The Morgan fingerprint density at radius 1 is 1.12 bits per heavy atom. The molecular formula is C22H34O2. The zero-order valence-corrected chi connectivity index (χ0v) is 15.8. The van der Waals surface area contributed by atoms with Gasteiger partial charge < -0.3 is 4.74 Å². The predicted molar refractivity (Wildman–Crippen MR) is 96.8 cm³/mol. The highest BCUT2D eigenvalue weighted by molar-refractivity contribution is 5.82. The molecule has 2 nitrogen and oxygen atoms in total. The topological polar surface area (TPSA) is 26.3 Å². The van der Waals surface area contributed by atoms with Crippen molar-refractivity contribution < 1.29 is 9.53 Å². The van der Waals surface area contributed by atoms with Gasteiger partial charge in [0.05, 0.1) is 6.61 Å². The standard InChI is InChI=1S/C22H34O2/c1-4-22(14-24-3)12-10-20-19-7-5-15-13-16(23)6-8-17(15)18(19)9-11-21(20,22)2/h18-20H,4-14H2,1-3H3/t18?,19?,20?,21-,22-/m0/s1. The molecule has 0 aromatic rings. The van der Waals surface area contributed by atoms with Gasteiger partial charge in [0.15, 0.2) is 0 Å². The number of methoxy groups -OCH3 is 1. The molecule has 2 saturated carbocycles. The van der Waals surface area contributed by atoms with Crippen LogP contribution in [0.15, 0.2) is 11.1 Å². The van der Waals surface area contributed by atoms with Crippen molar-refractivity contribution in [1.82, 2.24) is 0 Å². The molecule has 0 aromatic heterocycles. The van der Waals surface area contributed by atoms with E-state index >= 15 is 0 Å². The van der Waals surface area contributed by atoms with Crippen LogP contribution in [0.1, 0.15) is 78.1 Å². The highest BCUT2D eigenvalue weighted by Crippen LogP contribution is 2.68. The van der Waals surface area contributed by atoms with Crippen LogP contribution in [-0.4, -0.2) is 19.5 Å². The zero-order chi connectivity index (χ0) is 16.9. The second-order valence-electron chi connectivity index (χ2n) is 9.32. The molecule has 134 valence electrons. The van der Waals surface area contributed by atoms with E-state index in [2.05, 4.69) is 13.8 Å². The maximum Gasteiger partial charge on any atom is 0.137 e. The number of fused-ring (bicyclic) bond motifs is 4. The van der Waals surface area contributed by atoms with Crippen LogP contribution in [0.4, 0.5) is 0 Å². The van der Waals surface area contributed by atoms with E-state index in [9.17, 15) is 4.79 Å². The van der Waals surface area contributed by atoms with Crippen LogP contribution >= 0.6 is 0 Å². The number of hydrogen-bond acceptors (Lipinski definition) is 2. The third-order valence-electron chi connectivity index (χ3n) is 8.83. The van der Waals surface area contributed by atoms with Crippen LogP contribution in [0, 0.1) is 28.6 Å². The Kier molecular flexibility index (Phi) is 4.18. The third kappa shape index (κ3) is 2.21. The van der Waals surface area contributed by atoms with Crippen molar-refractivity contribution in [2.75, 3.05) is 13.7 Å². The lowest BCUT2D eigenvalue weighted by molar-refractivity contribution is -0.119. The quantitative estimate of drug-likeness (QED) is 0.655. The first-order chi connectivity index (χ1) is 11.5. The maximum absolute atomic E-state index is 11.9. The summed E-state index contributed by atoms with van der Waals surface area (Å²) in [7, 11) is 1.89. The maximum atomic E-state index is 11.9. The number of ketones is 1. The summed E-state index contributed by atoms with van der Waals surface area (Å²) in [6, 6.07) is 0. The minimum absolute atomic E-state index is 0.397. The Morgan fingerprint density at radius 3 is 2.71 bits per heavy atom. The van der Waals surface area contributed by atoms with Crippen LogP contribution in [0.3, 0.4) is 0 Å². The second-order valence-corrected chi connectivity index (χ2v) is 9.32. The third-order valence-corrected chi connectivity index (χ3v) is 8.83. The van der Waals surface area contributed by atoms with Crippen molar-refractivity contribution in [3.8, 4) is 0 Å². The Hall–Kier alpha value is -0.630. The van der Waals surface area contributed by atoms with E-state index in [0.717, 1.165) is 43.6 Å². The molecule has 0 aromatic carbocycles. The van der Waals surface area contributed by atoms with E-state index < -0.39 is 0 Å². The summed E-state index contributed by atoms with van der Waals surface area (Å²) < 4.78 is 5.72. The molecule has 0 bridgehead atoms. The molecule has 0 radical (unpaired) electrons. The van der Waals surface area contributed by atoms with Crippen molar-refractivity contribution in [2.24, 2.45) is 28.6 Å². The first kappa shape index (κ1) is 16.8. The molecule has 4 aliphatic rings. The number of allylic oxidation sites excluding steroid dienone is 2. The van der Waals surface area contributed by atoms with Gasteiger partial charge in [-0.3, -0.25) is 4.79 Å². The number of rotatable bonds is 3. The lowest BCUT2D eigenvalue weighted by atomic mass is 9.49. The molecule has 0 N–H and O–H groups in total. The van der Waals surface area contributed by atoms with Crippen LogP contribution in [0.5, 0.6) is 0 Å². The highest BCUT2D eigenvalue weighted by Gasteiger charge is 2.61. The lowest BCUT2D eigenvalue weighted by Crippen LogP contribution is -2.49. The fraction of sp³-hybridized carbons (Fsp3) is 0.864. The Bertz CT molecular complexity index is 562. The Balaban J connectivity index is 1.64. The summed E-state index contributed by atoms with van der Waals surface area (Å²) in [6.07, 6.45) is 11.9. The molecule has 3 unspecified atom stereocenters. The summed E-state index contributed by atoms with van der Waals surface area (Å²) in [5, 5.41) is 0. The van der Waals surface area contributed by atoms with Crippen LogP contribution in [-0.2, 0) is 9.53 Å². The average Bonchev–Trinajstić information content (AvgIpc) is 2.88. The molecule has 0 aliphatic heterocycles. The van der Waals surface area contributed by atoms with Gasteiger partial charge in [-0.05, 0) is 80.0 Å². The number of carbonyl (C=O) groups is 1. The summed E-state index contributed by atoms with van der Waals surface area (Å²) in [4.78, 5) is 11.9. The molecule has 0 spiro atoms. The van der Waals surface area contributed by atoms with Crippen molar-refractivity contribution in [3.05, 3.63) is 11.1 Å². The highest BCUT2D eigenvalue weighted by atomic mass is 16.5. The van der Waals surface area contributed by atoms with Gasteiger partial charge in [0.1, 0.15) is 5.78 Å². The predicted octanol–water partition coefficient (Wildman–Crippen LogP) is 5.32. The molecule has 0 saturated heterocycles. The molecule has 4 aliphatic carbocycles. The van der Waals surface area contributed by atoms with E-state index in [-0.39, 0.29) is 0 Å². The average molecular weight is 331 g/mol. The first-order valence-electron chi connectivity index (χ1n) is 10.3. The van der Waals surface area contributed by atoms with Gasteiger partial charge in [-0.1, -0.05) is 25.0 Å². The summed E-state index contributed by atoms with van der Waals surface area (Å²) in [6.45, 7) is 5.92. The van der Waals surface area contributed by atoms with E-state index in [1.807, 2.05) is 7.11 Å². The smallest absolute Gasteiger partial charge is 0.137 e. The molecule has 2 heteroatoms. The van der Waals surface area contributed by atoms with Crippen LogP contribution in [0.2, 0.25) is 0 Å². The van der Waals surface area contributed by atoms with Gasteiger partial charge in [0.2, 0.25) is 0 Å². The van der Waals surface area contributed by atoms with E-state index in [1.165, 1.54) is 44.9 Å². The molecule has 2 fully saturated rings. The number of ether oxygens (including phenoxy) is 1. The minimum Gasteiger partial charge on any atom is -0.384 e. The fourth-order valence-corrected chi connectivity index (χ4v) is 7.48. The number of carbonyl (C=O) groups excluding carboxylic acids is 1. The van der Waals surface area contributed by atoms with Crippen molar-refractivity contribution in [2.45, 2.75) is 78.1 Å². The van der Waals surface area contributed by atoms with Gasteiger partial charge in [0, 0.05) is 20.0 Å². The first-order valence-corrected chi connectivity index (χ1v) is 10.3. The van der Waals surface area contributed by atoms with Crippen LogP contribution < -0.4 is 0 Å². The molecule has 0 amide bonds. The van der Waals surface area contributed by atoms with E-state index in [4.69, 9.17) is 4.74 Å². The normalized spacial score (nSPS) is 45.0. The number of Topliss-reactive ketones (excluding diaryl/α,β-unsaturated/α-hetero) is 1. The number of hydrogen-bond donors (Lipinski definition) is 0. The lowest BCUT2D eigenvalue weighted by Gasteiger charge is -2.55. The van der Waals surface area contributed by atoms with Crippen molar-refractivity contribution >= 4 is 5.78 Å². The molecule has 0 heterocycles. The largest absolute Gasteiger partial charge is 0.384 e. The fourth-order valence-electron chi connectivity index (χ4n) is 7.48. The van der Waals surface area contributed by atoms with Gasteiger partial charge in [-0.2, -0.15) is 0 Å². The molecule has 24 heavy (non-hydrogen) atoms. The van der Waals surface area contributed by atoms with Crippen molar-refractivity contribution in [1.29, 1.82) is 0 Å². The van der Waals surface area contributed by atoms with Crippen LogP contribution in [0.25, 0.3) is 0 Å². The van der Waals surface area contributed by atoms with E-state index in [1.54, 1.807) is 11.1 Å². The molecular weight excluding hydrogens is 296 g/mol. The van der Waals surface area contributed by atoms with Gasteiger partial charge >= 0.3 is 0 Å². The Labute approximate surface area is 147 Å². The molecule has 5 atom stereocenters. The monoisotopic (exact) mass is 330 g/mol. The molecule has 4 rings (SSSR count).